The van der Waals surface area contributed by atoms with E-state index >= 15 is 0 Å². The molecule has 38 heavy (non-hydrogen) atoms. The van der Waals surface area contributed by atoms with Crippen molar-refractivity contribution in [2.24, 2.45) is 0 Å². The normalized spacial score (nSPS) is 10.8. The zero-order valence-corrected chi connectivity index (χ0v) is 23.4. The van der Waals surface area contributed by atoms with Crippen LogP contribution in [0, 0.1) is 0 Å². The molecule has 0 radical (unpaired) electrons. The number of hydrogen-bond donors (Lipinski definition) is 1. The molecule has 3 aromatic heterocycles. The van der Waals surface area contributed by atoms with E-state index < -0.39 is 0 Å². The molecule has 0 aliphatic rings. The van der Waals surface area contributed by atoms with Gasteiger partial charge in [0.1, 0.15) is 5.52 Å². The Labute approximate surface area is 238 Å². The first kappa shape index (κ1) is 29.3. The van der Waals surface area contributed by atoms with Gasteiger partial charge in [-0.2, -0.15) is 0 Å². The molecule has 0 bridgehead atoms. The van der Waals surface area contributed by atoms with Gasteiger partial charge in [-0.1, -0.05) is 35.0 Å². The smallest absolute Gasteiger partial charge is 0.252 e. The lowest BCUT2D eigenvalue weighted by atomic mass is 10.1. The van der Waals surface area contributed by atoms with Gasteiger partial charge in [0.15, 0.2) is 5.65 Å². The van der Waals surface area contributed by atoms with E-state index in [1.165, 1.54) is 0 Å². The molecule has 11 heteroatoms. The molecule has 198 valence electrons. The van der Waals surface area contributed by atoms with Crippen molar-refractivity contribution in [3.8, 4) is 11.3 Å². The summed E-state index contributed by atoms with van der Waals surface area (Å²) in [7, 11) is 4.01. The molecule has 1 N–H and O–H groups in total. The Bertz CT molecular complexity index is 1550. The van der Waals surface area contributed by atoms with E-state index in [-0.39, 0.29) is 30.7 Å². The lowest BCUT2D eigenvalue weighted by Gasteiger charge is -2.11. The standard InChI is InChI=1S/C27H26ClN7O.2ClH/c1-34(2)14-4-13-30-27(36)21-8-7-20(16-22(21)28)24-10-11-25-26(31-24)35(33-32-25)17-18-6-9-23-19(15-18)5-3-12-29-23;;/h3,5-12,15-16H,4,13-14,17H2,1-2H3,(H,30,36);2*1H. The van der Waals surface area contributed by atoms with Gasteiger partial charge in [0.25, 0.3) is 5.91 Å². The molecule has 0 aliphatic carbocycles. The summed E-state index contributed by atoms with van der Waals surface area (Å²) in [6.45, 7) is 2.04. The summed E-state index contributed by atoms with van der Waals surface area (Å²) in [6, 6.07) is 19.3. The molecule has 5 aromatic rings. The number of hydrogen-bond acceptors (Lipinski definition) is 6. The number of aromatic nitrogens is 5. The number of nitrogens with zero attached hydrogens (tertiary/aromatic N) is 6. The number of nitrogens with one attached hydrogen (secondary N) is 1. The molecule has 0 unspecified atom stereocenters. The van der Waals surface area contributed by atoms with Gasteiger partial charge in [-0.3, -0.25) is 9.78 Å². The van der Waals surface area contributed by atoms with Gasteiger partial charge in [0, 0.05) is 23.7 Å². The summed E-state index contributed by atoms with van der Waals surface area (Å²) >= 11 is 6.49. The number of carbonyl (C=O) groups excluding carboxylic acids is 1. The Morgan fingerprint density at radius 1 is 1.03 bits per heavy atom. The maximum absolute atomic E-state index is 12.5. The maximum Gasteiger partial charge on any atom is 0.252 e. The minimum Gasteiger partial charge on any atom is -0.352 e. The zero-order valence-electron chi connectivity index (χ0n) is 21.0. The van der Waals surface area contributed by atoms with E-state index in [1.807, 2.05) is 56.6 Å². The van der Waals surface area contributed by atoms with Crippen molar-refractivity contribution >= 4 is 64.4 Å². The van der Waals surface area contributed by atoms with E-state index in [0.29, 0.717) is 34.8 Å². The van der Waals surface area contributed by atoms with Crippen molar-refractivity contribution in [2.75, 3.05) is 27.2 Å². The van der Waals surface area contributed by atoms with Crippen LogP contribution in [0.15, 0.2) is 66.9 Å². The first-order chi connectivity index (χ1) is 17.5. The molecular weight excluding hydrogens is 545 g/mol. The highest BCUT2D eigenvalue weighted by Crippen LogP contribution is 2.26. The molecule has 0 atom stereocenters. The van der Waals surface area contributed by atoms with Crippen LogP contribution in [0.1, 0.15) is 22.3 Å². The Morgan fingerprint density at radius 2 is 1.84 bits per heavy atom. The van der Waals surface area contributed by atoms with Crippen LogP contribution in [0.3, 0.4) is 0 Å². The predicted octanol–water partition coefficient (Wildman–Crippen LogP) is 5.27. The number of fused-ring (bicyclic) bond motifs is 2. The number of pyridine rings is 2. The van der Waals surface area contributed by atoms with E-state index in [4.69, 9.17) is 16.6 Å². The lowest BCUT2D eigenvalue weighted by molar-refractivity contribution is 0.0952. The van der Waals surface area contributed by atoms with Crippen molar-refractivity contribution in [1.29, 1.82) is 0 Å². The second-order valence-electron chi connectivity index (χ2n) is 8.92. The SMILES string of the molecule is CN(C)CCCNC(=O)c1ccc(-c2ccc3nnn(Cc4ccc5ncccc5c4)c3n2)cc1Cl.Cl.Cl. The molecule has 0 saturated carbocycles. The lowest BCUT2D eigenvalue weighted by Crippen LogP contribution is -2.27. The molecule has 8 nitrogen and oxygen atoms in total. The van der Waals surface area contributed by atoms with E-state index in [1.54, 1.807) is 23.0 Å². The molecule has 0 saturated heterocycles. The van der Waals surface area contributed by atoms with Gasteiger partial charge in [-0.15, -0.1) is 29.9 Å². The highest BCUT2D eigenvalue weighted by atomic mass is 35.5. The van der Waals surface area contributed by atoms with Gasteiger partial charge >= 0.3 is 0 Å². The van der Waals surface area contributed by atoms with Crippen LogP contribution in [0.25, 0.3) is 33.3 Å². The number of benzene rings is 2. The largest absolute Gasteiger partial charge is 0.352 e. The van der Waals surface area contributed by atoms with Crippen molar-refractivity contribution < 1.29 is 4.79 Å². The average molecular weight is 573 g/mol. The molecule has 0 spiro atoms. The van der Waals surface area contributed by atoms with Gasteiger partial charge < -0.3 is 10.2 Å². The van der Waals surface area contributed by atoms with Gasteiger partial charge in [0.2, 0.25) is 0 Å². The van der Waals surface area contributed by atoms with Crippen LogP contribution in [-0.4, -0.2) is 63.0 Å². The van der Waals surface area contributed by atoms with Gasteiger partial charge in [0.05, 0.1) is 28.3 Å². The fourth-order valence-electron chi connectivity index (χ4n) is 4.07. The van der Waals surface area contributed by atoms with Crippen molar-refractivity contribution in [3.05, 3.63) is 83.0 Å². The van der Waals surface area contributed by atoms with Crippen LogP contribution < -0.4 is 5.32 Å². The van der Waals surface area contributed by atoms with Gasteiger partial charge in [-0.25, -0.2) is 9.67 Å². The highest BCUT2D eigenvalue weighted by Gasteiger charge is 2.14. The summed E-state index contributed by atoms with van der Waals surface area (Å²) in [5.41, 5.74) is 5.41. The molecule has 2 aromatic carbocycles. The van der Waals surface area contributed by atoms with E-state index in [9.17, 15) is 4.79 Å². The number of amides is 1. The second-order valence-corrected chi connectivity index (χ2v) is 9.33. The first-order valence-electron chi connectivity index (χ1n) is 11.7. The zero-order chi connectivity index (χ0) is 25.1. The van der Waals surface area contributed by atoms with Crippen LogP contribution in [0.5, 0.6) is 0 Å². The van der Waals surface area contributed by atoms with Crippen LogP contribution in [0.2, 0.25) is 5.02 Å². The molecular formula is C27H28Cl3N7O. The summed E-state index contributed by atoms with van der Waals surface area (Å²) in [4.78, 5) is 23.8. The number of halogens is 3. The highest BCUT2D eigenvalue weighted by molar-refractivity contribution is 6.34. The third-order valence-electron chi connectivity index (χ3n) is 5.94. The first-order valence-corrected chi connectivity index (χ1v) is 12.1. The maximum atomic E-state index is 12.5. The molecule has 0 fully saturated rings. The number of carbonyl (C=O) groups is 1. The average Bonchev–Trinajstić information content (AvgIpc) is 3.28. The topological polar surface area (TPSA) is 88.8 Å². The van der Waals surface area contributed by atoms with E-state index in [2.05, 4.69) is 31.6 Å². The van der Waals surface area contributed by atoms with E-state index in [0.717, 1.165) is 40.7 Å². The van der Waals surface area contributed by atoms with Crippen molar-refractivity contribution in [2.45, 2.75) is 13.0 Å². The monoisotopic (exact) mass is 571 g/mol. The summed E-state index contributed by atoms with van der Waals surface area (Å²) in [5, 5.41) is 13.0. The third-order valence-corrected chi connectivity index (χ3v) is 6.25. The van der Waals surface area contributed by atoms with Crippen molar-refractivity contribution in [1.82, 2.24) is 35.2 Å². The Kier molecular flexibility index (Phi) is 9.99. The van der Waals surface area contributed by atoms with Gasteiger partial charge in [-0.05, 0) is 75.1 Å². The fourth-order valence-corrected chi connectivity index (χ4v) is 4.33. The Hall–Kier alpha value is -3.30. The minimum absolute atomic E-state index is 0. The molecule has 3 heterocycles. The molecule has 1 amide bonds. The van der Waals surface area contributed by atoms with Crippen molar-refractivity contribution in [3.63, 3.8) is 0 Å². The molecule has 0 aliphatic heterocycles. The fraction of sp³-hybridized carbons (Fsp3) is 0.222. The summed E-state index contributed by atoms with van der Waals surface area (Å²) in [6.07, 6.45) is 2.66. The van der Waals surface area contributed by atoms with Crippen LogP contribution in [-0.2, 0) is 6.54 Å². The number of rotatable bonds is 8. The second kappa shape index (κ2) is 13.0. The Morgan fingerprint density at radius 3 is 2.63 bits per heavy atom. The summed E-state index contributed by atoms with van der Waals surface area (Å²) in [5.74, 6) is -0.179. The predicted molar refractivity (Wildman–Crippen MR) is 157 cm³/mol. The van der Waals surface area contributed by atoms with Crippen LogP contribution >= 0.6 is 36.4 Å². The van der Waals surface area contributed by atoms with Crippen LogP contribution in [0.4, 0.5) is 0 Å². The minimum atomic E-state index is -0.179. The molecule has 5 rings (SSSR count). The third kappa shape index (κ3) is 6.57. The Balaban J connectivity index is 0.00000200. The summed E-state index contributed by atoms with van der Waals surface area (Å²) < 4.78 is 1.79. The quantitative estimate of drug-likeness (QED) is 0.255.